The minimum absolute atomic E-state index is 0.0491. The average molecular weight is 276 g/mol. The Labute approximate surface area is 122 Å². The van der Waals surface area contributed by atoms with E-state index in [-0.39, 0.29) is 11.4 Å². The van der Waals surface area contributed by atoms with Crippen LogP contribution in [0.3, 0.4) is 0 Å². The molecule has 0 atom stereocenters. The molecular weight excluding hydrogens is 251 g/mol. The van der Waals surface area contributed by atoms with E-state index in [2.05, 4.69) is 32.0 Å². The Kier molecular flexibility index (Phi) is 6.19. The van der Waals surface area contributed by atoms with E-state index in [1.54, 1.807) is 6.07 Å². The van der Waals surface area contributed by atoms with Crippen molar-refractivity contribution in [2.24, 2.45) is 0 Å². The molecular formula is C17H25FN2. The van der Waals surface area contributed by atoms with Crippen LogP contribution in [-0.4, -0.2) is 23.5 Å². The Hall–Kier alpha value is -1.37. The summed E-state index contributed by atoms with van der Waals surface area (Å²) in [7, 11) is 0. The normalized spacial score (nSPS) is 11.7. The van der Waals surface area contributed by atoms with Crippen LogP contribution in [-0.2, 0) is 13.1 Å². The van der Waals surface area contributed by atoms with Gasteiger partial charge in [-0.3, -0.25) is 4.90 Å². The Balaban J connectivity index is 2.78. The lowest BCUT2D eigenvalue weighted by atomic mass is 10.1. The lowest BCUT2D eigenvalue weighted by molar-refractivity contribution is 0.310. The van der Waals surface area contributed by atoms with Gasteiger partial charge in [-0.2, -0.15) is 0 Å². The van der Waals surface area contributed by atoms with Gasteiger partial charge in [0.1, 0.15) is 5.82 Å². The lowest BCUT2D eigenvalue weighted by Crippen LogP contribution is -2.35. The highest BCUT2D eigenvalue weighted by Crippen LogP contribution is 2.14. The summed E-state index contributed by atoms with van der Waals surface area (Å²) in [5.41, 5.74) is 1.84. The third-order valence-corrected chi connectivity index (χ3v) is 3.09. The van der Waals surface area contributed by atoms with E-state index in [0.29, 0.717) is 18.7 Å². The highest BCUT2D eigenvalue weighted by molar-refractivity contribution is 5.25. The van der Waals surface area contributed by atoms with Gasteiger partial charge in [0, 0.05) is 24.2 Å². The van der Waals surface area contributed by atoms with Crippen molar-refractivity contribution in [2.45, 2.75) is 46.3 Å². The zero-order chi connectivity index (χ0) is 15.2. The van der Waals surface area contributed by atoms with Crippen LogP contribution in [0.1, 0.15) is 38.8 Å². The van der Waals surface area contributed by atoms with Crippen LogP contribution < -0.4 is 5.32 Å². The summed E-state index contributed by atoms with van der Waals surface area (Å²) in [5, 5.41) is 3.41. The Bertz CT molecular complexity index is 469. The van der Waals surface area contributed by atoms with Gasteiger partial charge in [0.25, 0.3) is 0 Å². The van der Waals surface area contributed by atoms with Crippen LogP contribution in [0, 0.1) is 18.2 Å². The molecule has 0 aliphatic carbocycles. The first kappa shape index (κ1) is 16.7. The number of terminal acetylenes is 1. The molecule has 1 rings (SSSR count). The highest BCUT2D eigenvalue weighted by Gasteiger charge is 2.11. The fourth-order valence-corrected chi connectivity index (χ4v) is 1.88. The minimum Gasteiger partial charge on any atom is -0.308 e. The molecule has 0 heterocycles. The second kappa shape index (κ2) is 7.42. The van der Waals surface area contributed by atoms with Crippen molar-refractivity contribution < 1.29 is 4.39 Å². The average Bonchev–Trinajstić information content (AvgIpc) is 2.38. The molecule has 0 fully saturated rings. The predicted molar refractivity (Wildman–Crippen MR) is 82.8 cm³/mol. The van der Waals surface area contributed by atoms with E-state index >= 15 is 0 Å². The van der Waals surface area contributed by atoms with Crippen LogP contribution in [0.2, 0.25) is 0 Å². The molecule has 0 spiro atoms. The van der Waals surface area contributed by atoms with E-state index in [4.69, 9.17) is 6.42 Å². The van der Waals surface area contributed by atoms with Crippen molar-refractivity contribution in [3.05, 3.63) is 35.1 Å². The molecule has 110 valence electrons. The van der Waals surface area contributed by atoms with Crippen LogP contribution in [0.5, 0.6) is 0 Å². The zero-order valence-electron chi connectivity index (χ0n) is 13.0. The van der Waals surface area contributed by atoms with Gasteiger partial charge in [-0.25, -0.2) is 4.39 Å². The molecule has 0 aliphatic rings. The first-order chi connectivity index (χ1) is 9.35. The van der Waals surface area contributed by atoms with E-state index in [1.165, 1.54) is 0 Å². The smallest absolute Gasteiger partial charge is 0.127 e. The van der Waals surface area contributed by atoms with Gasteiger partial charge in [0.2, 0.25) is 0 Å². The van der Waals surface area contributed by atoms with Crippen molar-refractivity contribution in [1.82, 2.24) is 10.2 Å². The molecule has 20 heavy (non-hydrogen) atoms. The summed E-state index contributed by atoms with van der Waals surface area (Å²) < 4.78 is 13.9. The molecule has 0 radical (unpaired) electrons. The number of hydrogen-bond donors (Lipinski definition) is 1. The Morgan fingerprint density at radius 3 is 2.60 bits per heavy atom. The second-order valence-electron chi connectivity index (χ2n) is 6.04. The van der Waals surface area contributed by atoms with Gasteiger partial charge in [-0.05, 0) is 38.9 Å². The van der Waals surface area contributed by atoms with Gasteiger partial charge >= 0.3 is 0 Å². The number of nitrogens with one attached hydrogen (secondary N) is 1. The molecule has 0 aliphatic heterocycles. The molecule has 0 bridgehead atoms. The first-order valence-electron chi connectivity index (χ1n) is 7.04. The maximum Gasteiger partial charge on any atom is 0.127 e. The number of benzene rings is 1. The van der Waals surface area contributed by atoms with Gasteiger partial charge in [-0.15, -0.1) is 6.42 Å². The number of nitrogens with zero attached hydrogens (tertiary/aromatic N) is 1. The molecule has 2 nitrogen and oxygen atoms in total. The van der Waals surface area contributed by atoms with E-state index in [0.717, 1.165) is 18.7 Å². The molecule has 1 aromatic carbocycles. The Morgan fingerprint density at radius 1 is 1.35 bits per heavy atom. The van der Waals surface area contributed by atoms with Gasteiger partial charge in [-0.1, -0.05) is 25.0 Å². The number of halogens is 1. The third kappa shape index (κ3) is 5.73. The molecule has 0 saturated heterocycles. The maximum atomic E-state index is 13.9. The van der Waals surface area contributed by atoms with Crippen molar-refractivity contribution >= 4 is 0 Å². The monoisotopic (exact) mass is 276 g/mol. The summed E-state index contributed by atoms with van der Waals surface area (Å²) >= 11 is 0. The Morgan fingerprint density at radius 2 is 2.05 bits per heavy atom. The summed E-state index contributed by atoms with van der Waals surface area (Å²) in [6.45, 7) is 11.0. The molecule has 0 aromatic heterocycles. The maximum absolute atomic E-state index is 13.9. The van der Waals surface area contributed by atoms with Crippen molar-refractivity contribution in [1.29, 1.82) is 0 Å². The van der Waals surface area contributed by atoms with Crippen molar-refractivity contribution in [3.63, 3.8) is 0 Å². The highest BCUT2D eigenvalue weighted by atomic mass is 19.1. The van der Waals surface area contributed by atoms with E-state index in [9.17, 15) is 4.39 Å². The lowest BCUT2D eigenvalue weighted by Gasteiger charge is -2.21. The van der Waals surface area contributed by atoms with Gasteiger partial charge < -0.3 is 5.32 Å². The van der Waals surface area contributed by atoms with Crippen LogP contribution in [0.4, 0.5) is 4.39 Å². The molecule has 0 amide bonds. The van der Waals surface area contributed by atoms with Gasteiger partial charge in [0.15, 0.2) is 0 Å². The second-order valence-corrected chi connectivity index (χ2v) is 6.04. The number of hydrogen-bond acceptors (Lipinski definition) is 2. The van der Waals surface area contributed by atoms with E-state index < -0.39 is 0 Å². The van der Waals surface area contributed by atoms with Gasteiger partial charge in [0.05, 0.1) is 6.54 Å². The predicted octanol–water partition coefficient (Wildman–Crippen LogP) is 3.17. The zero-order valence-corrected chi connectivity index (χ0v) is 13.0. The fourth-order valence-electron chi connectivity index (χ4n) is 1.88. The quantitative estimate of drug-likeness (QED) is 0.803. The van der Waals surface area contributed by atoms with Crippen molar-refractivity contribution in [3.8, 4) is 12.3 Å². The molecule has 1 aromatic rings. The van der Waals surface area contributed by atoms with Crippen LogP contribution in [0.25, 0.3) is 0 Å². The molecule has 1 N–H and O–H groups in total. The first-order valence-corrected chi connectivity index (χ1v) is 7.04. The summed E-state index contributed by atoms with van der Waals surface area (Å²) in [6, 6.07) is 5.29. The van der Waals surface area contributed by atoms with Crippen LogP contribution >= 0.6 is 0 Å². The van der Waals surface area contributed by atoms with Crippen molar-refractivity contribution in [2.75, 3.05) is 13.1 Å². The summed E-state index contributed by atoms with van der Waals surface area (Å²) in [5.74, 6) is 2.44. The minimum atomic E-state index is -0.167. The SMILES string of the molecule is C#CCN(CC)Cc1cc(CNC(C)(C)C)ccc1F. The number of rotatable bonds is 6. The largest absolute Gasteiger partial charge is 0.308 e. The molecule has 0 saturated carbocycles. The third-order valence-electron chi connectivity index (χ3n) is 3.09. The fraction of sp³-hybridized carbons (Fsp3) is 0.529. The molecule has 3 heteroatoms. The summed E-state index contributed by atoms with van der Waals surface area (Å²) in [4.78, 5) is 2.04. The topological polar surface area (TPSA) is 15.3 Å². The van der Waals surface area contributed by atoms with Crippen LogP contribution in [0.15, 0.2) is 18.2 Å². The standard InChI is InChI=1S/C17H25FN2/c1-6-10-20(7-2)13-15-11-14(8-9-16(15)18)12-19-17(3,4)5/h1,8-9,11,19H,7,10,12-13H2,2-5H3. The summed E-state index contributed by atoms with van der Waals surface area (Å²) in [6.07, 6.45) is 5.33. The van der Waals surface area contributed by atoms with E-state index in [1.807, 2.05) is 24.0 Å². The molecule has 0 unspecified atom stereocenters.